The van der Waals surface area contributed by atoms with Gasteiger partial charge >= 0.3 is 7.12 Å². The molecule has 1 heterocycles. The van der Waals surface area contributed by atoms with Crippen LogP contribution >= 0.6 is 12.4 Å². The first-order valence-electron chi connectivity index (χ1n) is 3.98. The molecular weight excluding hydrogens is 200 g/mol. The van der Waals surface area contributed by atoms with Crippen molar-refractivity contribution in [3.05, 3.63) is 36.5 Å². The molecule has 0 saturated heterocycles. The van der Waals surface area contributed by atoms with Gasteiger partial charge in [0, 0.05) is 6.20 Å². The molecule has 0 saturated carbocycles. The quantitative estimate of drug-likeness (QED) is 0.666. The minimum absolute atomic E-state index is 0. The van der Waals surface area contributed by atoms with Crippen molar-refractivity contribution in [3.8, 4) is 0 Å². The molecule has 0 radical (unpaired) electrons. The molecule has 2 aromatic rings. The zero-order chi connectivity index (χ0) is 9.26. The van der Waals surface area contributed by atoms with Crippen LogP contribution in [0.25, 0.3) is 10.9 Å². The maximum absolute atomic E-state index is 8.92. The molecule has 0 bridgehead atoms. The molecule has 0 atom stereocenters. The highest BCUT2D eigenvalue weighted by molar-refractivity contribution is 6.58. The van der Waals surface area contributed by atoms with Gasteiger partial charge in [0.25, 0.3) is 0 Å². The Balaban J connectivity index is 0.000000980. The summed E-state index contributed by atoms with van der Waals surface area (Å²) >= 11 is 0. The number of fused-ring (bicyclic) bond motifs is 1. The fraction of sp³-hybridized carbons (Fsp3) is 0. The lowest BCUT2D eigenvalue weighted by atomic mass is 9.80. The Bertz CT molecular complexity index is 436. The largest absolute Gasteiger partial charge is 0.488 e. The summed E-state index contributed by atoms with van der Waals surface area (Å²) in [4.78, 5) is 4.12. The minimum atomic E-state index is -1.41. The number of halogens is 1. The summed E-state index contributed by atoms with van der Waals surface area (Å²) in [5.74, 6) is 0. The van der Waals surface area contributed by atoms with Crippen LogP contribution in [0, 0.1) is 0 Å². The molecule has 1 aromatic heterocycles. The van der Waals surface area contributed by atoms with E-state index < -0.39 is 7.12 Å². The lowest BCUT2D eigenvalue weighted by Gasteiger charge is -2.00. The van der Waals surface area contributed by atoms with Crippen LogP contribution < -0.4 is 5.46 Å². The van der Waals surface area contributed by atoms with Crippen LogP contribution in [0.3, 0.4) is 0 Å². The highest BCUT2D eigenvalue weighted by Crippen LogP contribution is 2.07. The maximum atomic E-state index is 8.92. The second-order valence-corrected chi connectivity index (χ2v) is 2.83. The van der Waals surface area contributed by atoms with Crippen molar-refractivity contribution in [2.24, 2.45) is 0 Å². The second-order valence-electron chi connectivity index (χ2n) is 2.83. The summed E-state index contributed by atoms with van der Waals surface area (Å²) < 4.78 is 0. The van der Waals surface area contributed by atoms with E-state index in [1.165, 1.54) is 0 Å². The molecule has 0 fully saturated rings. The van der Waals surface area contributed by atoms with E-state index in [9.17, 15) is 0 Å². The predicted octanol–water partition coefficient (Wildman–Crippen LogP) is 0.336. The molecule has 0 aliphatic heterocycles. The predicted molar refractivity (Wildman–Crippen MR) is 58.8 cm³/mol. The molecule has 2 rings (SSSR count). The Morgan fingerprint density at radius 3 is 2.64 bits per heavy atom. The van der Waals surface area contributed by atoms with E-state index in [-0.39, 0.29) is 12.4 Å². The third kappa shape index (κ3) is 2.04. The summed E-state index contributed by atoms with van der Waals surface area (Å²) in [5.41, 5.74) is 1.34. The molecule has 0 aliphatic carbocycles. The van der Waals surface area contributed by atoms with Crippen LogP contribution in [0.15, 0.2) is 36.5 Å². The Labute approximate surface area is 88.0 Å². The smallest absolute Gasteiger partial charge is 0.423 e. The maximum Gasteiger partial charge on any atom is 0.488 e. The number of aromatic nitrogens is 1. The molecule has 1 aromatic carbocycles. The van der Waals surface area contributed by atoms with Crippen LogP contribution in [-0.2, 0) is 0 Å². The number of hydrogen-bond acceptors (Lipinski definition) is 3. The third-order valence-corrected chi connectivity index (χ3v) is 1.93. The zero-order valence-corrected chi connectivity index (χ0v) is 8.11. The van der Waals surface area contributed by atoms with E-state index in [2.05, 4.69) is 4.98 Å². The van der Waals surface area contributed by atoms with Crippen LogP contribution in [0.2, 0.25) is 0 Å². The molecule has 14 heavy (non-hydrogen) atoms. The monoisotopic (exact) mass is 209 g/mol. The number of nitrogens with zero attached hydrogens (tertiary/aromatic N) is 1. The Morgan fingerprint density at radius 1 is 1.14 bits per heavy atom. The molecule has 0 spiro atoms. The Hall–Kier alpha value is -1.10. The zero-order valence-electron chi connectivity index (χ0n) is 7.29. The normalized spacial score (nSPS) is 9.57. The van der Waals surface area contributed by atoms with Gasteiger partial charge in [-0.25, -0.2) is 0 Å². The molecular formula is C9H9BClNO2. The SMILES string of the molecule is Cl.OB(O)c1ccc2ncccc2c1. The van der Waals surface area contributed by atoms with Crippen molar-refractivity contribution >= 4 is 35.9 Å². The number of hydrogen-bond donors (Lipinski definition) is 2. The summed E-state index contributed by atoms with van der Waals surface area (Å²) in [5, 5.41) is 18.7. The highest BCUT2D eigenvalue weighted by atomic mass is 35.5. The lowest BCUT2D eigenvalue weighted by molar-refractivity contribution is 0.426. The van der Waals surface area contributed by atoms with Crippen molar-refractivity contribution in [1.82, 2.24) is 4.98 Å². The van der Waals surface area contributed by atoms with Gasteiger partial charge < -0.3 is 10.0 Å². The molecule has 0 amide bonds. The van der Waals surface area contributed by atoms with Crippen molar-refractivity contribution in [3.63, 3.8) is 0 Å². The van der Waals surface area contributed by atoms with Gasteiger partial charge in [0.1, 0.15) is 0 Å². The molecule has 2 N–H and O–H groups in total. The first-order chi connectivity index (χ1) is 6.27. The molecule has 5 heteroatoms. The molecule has 72 valence electrons. The number of rotatable bonds is 1. The average Bonchev–Trinajstić information content (AvgIpc) is 2.17. The minimum Gasteiger partial charge on any atom is -0.423 e. The molecule has 3 nitrogen and oxygen atoms in total. The number of pyridine rings is 1. The first kappa shape index (κ1) is 11.0. The highest BCUT2D eigenvalue weighted by Gasteiger charge is 2.10. The second kappa shape index (κ2) is 4.42. The van der Waals surface area contributed by atoms with Crippen molar-refractivity contribution in [1.29, 1.82) is 0 Å². The van der Waals surface area contributed by atoms with Gasteiger partial charge in [-0.3, -0.25) is 4.98 Å². The summed E-state index contributed by atoms with van der Waals surface area (Å²) in [6, 6.07) is 8.83. The fourth-order valence-corrected chi connectivity index (χ4v) is 1.25. The van der Waals surface area contributed by atoms with Gasteiger partial charge in [-0.2, -0.15) is 0 Å². The van der Waals surface area contributed by atoms with Crippen molar-refractivity contribution in [2.75, 3.05) is 0 Å². The van der Waals surface area contributed by atoms with E-state index >= 15 is 0 Å². The van der Waals surface area contributed by atoms with Gasteiger partial charge in [0.2, 0.25) is 0 Å². The van der Waals surface area contributed by atoms with Crippen molar-refractivity contribution in [2.45, 2.75) is 0 Å². The first-order valence-corrected chi connectivity index (χ1v) is 3.98. The van der Waals surface area contributed by atoms with Gasteiger partial charge in [0.15, 0.2) is 0 Å². The third-order valence-electron chi connectivity index (χ3n) is 1.93. The number of benzene rings is 1. The fourth-order valence-electron chi connectivity index (χ4n) is 1.25. The van der Waals surface area contributed by atoms with Crippen molar-refractivity contribution < 1.29 is 10.0 Å². The van der Waals surface area contributed by atoms with Gasteiger partial charge in [-0.1, -0.05) is 18.2 Å². The van der Waals surface area contributed by atoms with Crippen LogP contribution in [0.5, 0.6) is 0 Å². The van der Waals surface area contributed by atoms with E-state index in [0.717, 1.165) is 10.9 Å². The van der Waals surface area contributed by atoms with E-state index in [0.29, 0.717) is 5.46 Å². The van der Waals surface area contributed by atoms with E-state index in [1.54, 1.807) is 24.4 Å². The standard InChI is InChI=1S/C9H8BNO2.ClH/c12-10(13)8-3-4-9-7(6-8)2-1-5-11-9;/h1-6,12-13H;1H. The summed E-state index contributed by atoms with van der Waals surface area (Å²) in [6.45, 7) is 0. The van der Waals surface area contributed by atoms with E-state index in [1.807, 2.05) is 12.1 Å². The average molecular weight is 209 g/mol. The van der Waals surface area contributed by atoms with E-state index in [4.69, 9.17) is 10.0 Å². The topological polar surface area (TPSA) is 53.4 Å². The molecule has 0 aliphatic rings. The van der Waals surface area contributed by atoms with Crippen LogP contribution in [0.4, 0.5) is 0 Å². The van der Waals surface area contributed by atoms with Crippen LogP contribution in [-0.4, -0.2) is 22.2 Å². The van der Waals surface area contributed by atoms with Gasteiger partial charge in [-0.05, 0) is 23.0 Å². The molecule has 0 unspecified atom stereocenters. The lowest BCUT2D eigenvalue weighted by Crippen LogP contribution is -2.29. The Kier molecular flexibility index (Phi) is 3.46. The van der Waals surface area contributed by atoms with Gasteiger partial charge in [0.05, 0.1) is 5.52 Å². The summed E-state index contributed by atoms with van der Waals surface area (Å²) in [6.07, 6.45) is 1.71. The van der Waals surface area contributed by atoms with Gasteiger partial charge in [-0.15, -0.1) is 12.4 Å². The summed E-state index contributed by atoms with van der Waals surface area (Å²) in [7, 11) is -1.41. The van der Waals surface area contributed by atoms with Crippen LogP contribution in [0.1, 0.15) is 0 Å². The Morgan fingerprint density at radius 2 is 1.93 bits per heavy atom.